The number of fused-ring (bicyclic) bond motifs is 1. The first-order valence-electron chi connectivity index (χ1n) is 12.5. The van der Waals surface area contributed by atoms with Crippen LogP contribution < -0.4 is 15.5 Å². The Hall–Kier alpha value is -3.57. The van der Waals surface area contributed by atoms with Crippen molar-refractivity contribution in [2.75, 3.05) is 56.2 Å². The summed E-state index contributed by atoms with van der Waals surface area (Å²) in [5.41, 5.74) is 2.42. The number of aromatic nitrogens is 4. The number of nitrogens with zero attached hydrogens (tertiary/aromatic N) is 6. The molecule has 3 aromatic rings. The van der Waals surface area contributed by atoms with Gasteiger partial charge in [-0.2, -0.15) is 4.52 Å². The van der Waals surface area contributed by atoms with E-state index in [0.29, 0.717) is 18.6 Å². The number of anilines is 2. The maximum Gasteiger partial charge on any atom is 0.225 e. The quantitative estimate of drug-likeness (QED) is 0.484. The monoisotopic (exact) mass is 492 g/mol. The van der Waals surface area contributed by atoms with E-state index in [9.17, 15) is 9.59 Å². The van der Waals surface area contributed by atoms with Crippen LogP contribution >= 0.6 is 0 Å². The van der Waals surface area contributed by atoms with Gasteiger partial charge in [-0.05, 0) is 42.7 Å². The summed E-state index contributed by atoms with van der Waals surface area (Å²) in [7, 11) is 0. The van der Waals surface area contributed by atoms with Crippen molar-refractivity contribution in [2.45, 2.75) is 25.8 Å². The highest BCUT2D eigenvalue weighted by Crippen LogP contribution is 2.22. The third kappa shape index (κ3) is 6.16. The molecule has 11 heteroatoms. The lowest BCUT2D eigenvalue weighted by atomic mass is 9.96. The molecule has 0 atom stereocenters. The summed E-state index contributed by atoms with van der Waals surface area (Å²) in [6.07, 6.45) is 3.58. The van der Waals surface area contributed by atoms with E-state index in [4.69, 9.17) is 4.74 Å². The number of carbonyl (C=O) groups excluding carboxylic acids is 2. The number of amides is 2. The van der Waals surface area contributed by atoms with Crippen molar-refractivity contribution in [1.82, 2.24) is 30.0 Å². The number of morpholine rings is 1. The number of hydrogen-bond acceptors (Lipinski definition) is 8. The molecule has 0 aliphatic carbocycles. The molecule has 2 amide bonds. The minimum Gasteiger partial charge on any atom is -0.379 e. The average molecular weight is 493 g/mol. The molecular weight excluding hydrogens is 460 g/mol. The van der Waals surface area contributed by atoms with Crippen LogP contribution in [0.2, 0.25) is 0 Å². The predicted molar refractivity (Wildman–Crippen MR) is 135 cm³/mol. The topological polar surface area (TPSA) is 117 Å². The van der Waals surface area contributed by atoms with Gasteiger partial charge in [-0.3, -0.25) is 14.5 Å². The summed E-state index contributed by atoms with van der Waals surface area (Å²) in [5.74, 6) is 0.900. The third-order valence-electron chi connectivity index (χ3n) is 6.77. The number of benzene rings is 1. The van der Waals surface area contributed by atoms with Gasteiger partial charge in [0.05, 0.1) is 13.2 Å². The van der Waals surface area contributed by atoms with Crippen LogP contribution in [0.15, 0.2) is 42.7 Å². The van der Waals surface area contributed by atoms with Gasteiger partial charge in [0.15, 0.2) is 5.65 Å². The van der Waals surface area contributed by atoms with Crippen LogP contribution in [0.1, 0.15) is 24.8 Å². The summed E-state index contributed by atoms with van der Waals surface area (Å²) in [6, 6.07) is 11.5. The fourth-order valence-corrected chi connectivity index (χ4v) is 4.66. The van der Waals surface area contributed by atoms with Gasteiger partial charge >= 0.3 is 0 Å². The molecule has 0 spiro atoms. The average Bonchev–Trinajstić information content (AvgIpc) is 3.40. The third-order valence-corrected chi connectivity index (χ3v) is 6.77. The Kier molecular flexibility index (Phi) is 7.67. The van der Waals surface area contributed by atoms with Gasteiger partial charge in [0.1, 0.15) is 12.1 Å². The summed E-state index contributed by atoms with van der Waals surface area (Å²) < 4.78 is 7.01. The van der Waals surface area contributed by atoms with Crippen molar-refractivity contribution in [3.8, 4) is 0 Å². The lowest BCUT2D eigenvalue weighted by Crippen LogP contribution is -2.40. The summed E-state index contributed by atoms with van der Waals surface area (Å²) >= 11 is 0. The highest BCUT2D eigenvalue weighted by molar-refractivity contribution is 5.90. The molecule has 2 aromatic heterocycles. The van der Waals surface area contributed by atoms with Crippen molar-refractivity contribution in [3.05, 3.63) is 48.3 Å². The molecule has 1 aromatic carbocycles. The smallest absolute Gasteiger partial charge is 0.225 e. The summed E-state index contributed by atoms with van der Waals surface area (Å²) in [4.78, 5) is 29.6. The molecule has 0 saturated carbocycles. The van der Waals surface area contributed by atoms with Crippen LogP contribution in [0.4, 0.5) is 11.5 Å². The van der Waals surface area contributed by atoms with Crippen LogP contribution in [0.3, 0.4) is 0 Å². The molecule has 36 heavy (non-hydrogen) atoms. The molecule has 2 aliphatic heterocycles. The Morgan fingerprint density at radius 2 is 1.89 bits per heavy atom. The Morgan fingerprint density at radius 3 is 2.72 bits per heavy atom. The lowest BCUT2D eigenvalue weighted by molar-refractivity contribution is -0.125. The lowest BCUT2D eigenvalue weighted by Gasteiger charge is -2.32. The number of ether oxygens (including phenoxy) is 1. The maximum atomic E-state index is 12.8. The van der Waals surface area contributed by atoms with Crippen LogP contribution in [0, 0.1) is 5.92 Å². The van der Waals surface area contributed by atoms with Gasteiger partial charge in [0.25, 0.3) is 0 Å². The molecule has 5 rings (SSSR count). The first-order chi connectivity index (χ1) is 17.6. The molecule has 2 N–H and O–H groups in total. The van der Waals surface area contributed by atoms with Gasteiger partial charge in [-0.15, -0.1) is 15.3 Å². The second-order valence-electron chi connectivity index (χ2n) is 9.26. The fraction of sp³-hybridized carbons (Fsp3) is 0.480. The van der Waals surface area contributed by atoms with E-state index in [1.54, 1.807) is 10.8 Å². The molecule has 2 saturated heterocycles. The first kappa shape index (κ1) is 24.1. The maximum absolute atomic E-state index is 12.8. The van der Waals surface area contributed by atoms with E-state index in [2.05, 4.69) is 35.7 Å². The Labute approximate surface area is 209 Å². The molecule has 2 aliphatic rings. The Morgan fingerprint density at radius 1 is 1.06 bits per heavy atom. The van der Waals surface area contributed by atoms with Crippen molar-refractivity contribution in [3.63, 3.8) is 0 Å². The number of nitrogens with one attached hydrogen (secondary N) is 2. The second kappa shape index (κ2) is 11.4. The van der Waals surface area contributed by atoms with Gasteiger partial charge in [-0.25, -0.2) is 0 Å². The van der Waals surface area contributed by atoms with Gasteiger partial charge < -0.3 is 20.3 Å². The van der Waals surface area contributed by atoms with E-state index in [-0.39, 0.29) is 17.7 Å². The zero-order chi connectivity index (χ0) is 24.7. The van der Waals surface area contributed by atoms with E-state index >= 15 is 0 Å². The van der Waals surface area contributed by atoms with Crippen molar-refractivity contribution in [1.29, 1.82) is 0 Å². The van der Waals surface area contributed by atoms with Crippen LogP contribution in [-0.2, 0) is 20.9 Å². The first-order valence-corrected chi connectivity index (χ1v) is 12.5. The summed E-state index contributed by atoms with van der Waals surface area (Å²) in [5, 5.41) is 18.4. The van der Waals surface area contributed by atoms with E-state index in [0.717, 1.165) is 75.8 Å². The normalized spacial score (nSPS) is 17.3. The second-order valence-corrected chi connectivity index (χ2v) is 9.26. The molecule has 0 bridgehead atoms. The molecule has 0 unspecified atom stereocenters. The molecule has 11 nitrogen and oxygen atoms in total. The molecule has 4 heterocycles. The number of hydrogen-bond donors (Lipinski definition) is 2. The number of piperidine rings is 1. The number of rotatable bonds is 8. The van der Waals surface area contributed by atoms with Crippen molar-refractivity contribution >= 4 is 29.0 Å². The van der Waals surface area contributed by atoms with Gasteiger partial charge in [-0.1, -0.05) is 12.1 Å². The van der Waals surface area contributed by atoms with E-state index in [1.165, 1.54) is 0 Å². The van der Waals surface area contributed by atoms with Gasteiger partial charge in [0.2, 0.25) is 11.8 Å². The molecule has 190 valence electrons. The minimum atomic E-state index is -0.0250. The Bertz CT molecular complexity index is 1180. The molecular formula is C25H32N8O3. The fourth-order valence-electron chi connectivity index (χ4n) is 4.66. The predicted octanol–water partition coefficient (Wildman–Crippen LogP) is 1.32. The van der Waals surface area contributed by atoms with Crippen LogP contribution in [0.5, 0.6) is 0 Å². The van der Waals surface area contributed by atoms with Crippen molar-refractivity contribution in [2.24, 2.45) is 5.92 Å². The highest BCUT2D eigenvalue weighted by Gasteiger charge is 2.25. The SMILES string of the molecule is O=C(CCN1CCOCC1)Nc1cccc(CNC(=O)C2CCN(c3ccc4nncn4n3)CC2)c1. The Balaban J connectivity index is 1.06. The van der Waals surface area contributed by atoms with E-state index in [1.807, 2.05) is 36.4 Å². The van der Waals surface area contributed by atoms with Crippen LogP contribution in [0.25, 0.3) is 5.65 Å². The zero-order valence-corrected chi connectivity index (χ0v) is 20.3. The molecule has 2 fully saturated rings. The van der Waals surface area contributed by atoms with Crippen molar-refractivity contribution < 1.29 is 14.3 Å². The van der Waals surface area contributed by atoms with Gasteiger partial charge in [0, 0.05) is 57.3 Å². The minimum absolute atomic E-state index is 0.00706. The van der Waals surface area contributed by atoms with Crippen LogP contribution in [-0.4, -0.2) is 82.5 Å². The standard InChI is InChI=1S/C25H32N8O3/c34-24(8-9-31-12-14-36-15-13-31)28-21-3-1-2-19(16-21)17-26-25(35)20-6-10-32(11-7-20)23-5-4-22-29-27-18-33(22)30-23/h1-5,16,18,20H,6-15,17H2,(H,26,35)(H,28,34). The molecule has 0 radical (unpaired) electrons. The van der Waals surface area contributed by atoms with E-state index < -0.39 is 0 Å². The number of carbonyl (C=O) groups is 2. The summed E-state index contributed by atoms with van der Waals surface area (Å²) in [6.45, 7) is 5.90. The highest BCUT2D eigenvalue weighted by atomic mass is 16.5. The zero-order valence-electron chi connectivity index (χ0n) is 20.3. The largest absolute Gasteiger partial charge is 0.379 e.